The van der Waals surface area contributed by atoms with E-state index in [2.05, 4.69) is 4.90 Å². The average molecular weight is 319 g/mol. The first-order valence-electron chi connectivity index (χ1n) is 8.01. The fourth-order valence-electron chi connectivity index (χ4n) is 3.17. The van der Waals surface area contributed by atoms with Crippen LogP contribution in [0, 0.1) is 16.0 Å². The smallest absolute Gasteiger partial charge is 0.269 e. The van der Waals surface area contributed by atoms with E-state index in [1.807, 2.05) is 4.90 Å². The van der Waals surface area contributed by atoms with Crippen LogP contribution in [0.25, 0.3) is 0 Å². The molecule has 1 aromatic carbocycles. The van der Waals surface area contributed by atoms with Gasteiger partial charge in [-0.3, -0.25) is 14.9 Å². The van der Waals surface area contributed by atoms with Gasteiger partial charge in [-0.05, 0) is 25.0 Å². The summed E-state index contributed by atoms with van der Waals surface area (Å²) in [6.45, 7) is 4.28. The van der Waals surface area contributed by atoms with Gasteiger partial charge in [0.15, 0.2) is 0 Å². The monoisotopic (exact) mass is 319 g/mol. The molecule has 0 aliphatic carbocycles. The number of piperazine rings is 1. The summed E-state index contributed by atoms with van der Waals surface area (Å²) in [6.07, 6.45) is 1.64. The topological polar surface area (TPSA) is 75.9 Å². The molecule has 7 heteroatoms. The lowest BCUT2D eigenvalue weighted by Crippen LogP contribution is -2.51. The van der Waals surface area contributed by atoms with Crippen molar-refractivity contribution in [2.75, 3.05) is 44.3 Å². The molecule has 3 rings (SSSR count). The minimum absolute atomic E-state index is 0.0991. The van der Waals surface area contributed by atoms with Gasteiger partial charge in [0.2, 0.25) is 5.91 Å². The molecule has 0 saturated carbocycles. The van der Waals surface area contributed by atoms with Crippen LogP contribution in [0.2, 0.25) is 0 Å². The standard InChI is InChI=1S/C16H21N3O4/c20-16(13-5-11-23-12-6-13)18-9-7-17(8-10-18)14-1-3-15(4-2-14)19(21)22/h1-4,13H,5-12H2. The predicted molar refractivity (Wildman–Crippen MR) is 85.4 cm³/mol. The van der Waals surface area contributed by atoms with Crippen molar-refractivity contribution in [3.05, 3.63) is 34.4 Å². The first-order valence-corrected chi connectivity index (χ1v) is 8.01. The van der Waals surface area contributed by atoms with Gasteiger partial charge in [0, 0.05) is 63.1 Å². The number of nitro benzene ring substituents is 1. The molecule has 0 radical (unpaired) electrons. The molecule has 2 aliphatic heterocycles. The Balaban J connectivity index is 1.55. The van der Waals surface area contributed by atoms with Gasteiger partial charge in [0.1, 0.15) is 0 Å². The summed E-state index contributed by atoms with van der Waals surface area (Å²) < 4.78 is 5.31. The van der Waals surface area contributed by atoms with Crippen LogP contribution < -0.4 is 4.90 Å². The number of hydrogen-bond acceptors (Lipinski definition) is 5. The largest absolute Gasteiger partial charge is 0.381 e. The molecule has 2 saturated heterocycles. The normalized spacial score (nSPS) is 19.7. The Bertz CT molecular complexity index is 561. The van der Waals surface area contributed by atoms with Crippen molar-refractivity contribution in [1.82, 2.24) is 4.90 Å². The molecule has 124 valence electrons. The van der Waals surface area contributed by atoms with E-state index >= 15 is 0 Å². The molecule has 0 atom stereocenters. The lowest BCUT2D eigenvalue weighted by Gasteiger charge is -2.38. The van der Waals surface area contributed by atoms with E-state index in [4.69, 9.17) is 4.74 Å². The predicted octanol–water partition coefficient (Wildman–Crippen LogP) is 1.67. The second-order valence-electron chi connectivity index (χ2n) is 5.97. The molecule has 1 amide bonds. The highest BCUT2D eigenvalue weighted by molar-refractivity contribution is 5.79. The zero-order valence-electron chi connectivity index (χ0n) is 13.0. The quantitative estimate of drug-likeness (QED) is 0.626. The molecule has 0 unspecified atom stereocenters. The number of amides is 1. The third-order valence-electron chi connectivity index (χ3n) is 4.59. The van der Waals surface area contributed by atoms with E-state index in [1.54, 1.807) is 12.1 Å². The van der Waals surface area contributed by atoms with Gasteiger partial charge >= 0.3 is 0 Å². The molecule has 2 fully saturated rings. The average Bonchev–Trinajstić information content (AvgIpc) is 2.62. The molecule has 2 aliphatic rings. The highest BCUT2D eigenvalue weighted by Gasteiger charge is 2.28. The van der Waals surface area contributed by atoms with Crippen molar-refractivity contribution < 1.29 is 14.5 Å². The third kappa shape index (κ3) is 3.61. The number of nitrogens with zero attached hydrogens (tertiary/aromatic N) is 3. The third-order valence-corrected chi connectivity index (χ3v) is 4.59. The molecule has 0 bridgehead atoms. The molecule has 1 aromatic rings. The highest BCUT2D eigenvalue weighted by atomic mass is 16.6. The van der Waals surface area contributed by atoms with Gasteiger partial charge in [0.25, 0.3) is 5.69 Å². The molecule has 0 spiro atoms. The van der Waals surface area contributed by atoms with Gasteiger partial charge in [0.05, 0.1) is 4.92 Å². The first-order chi connectivity index (χ1) is 11.1. The van der Waals surface area contributed by atoms with Gasteiger partial charge in [-0.25, -0.2) is 0 Å². The number of non-ortho nitro benzene ring substituents is 1. The molecule has 23 heavy (non-hydrogen) atoms. The Hall–Kier alpha value is -2.15. The first kappa shape index (κ1) is 15.7. The maximum Gasteiger partial charge on any atom is 0.269 e. The van der Waals surface area contributed by atoms with Crippen LogP contribution in [-0.2, 0) is 9.53 Å². The molecule has 0 N–H and O–H groups in total. The SMILES string of the molecule is O=C(C1CCOCC1)N1CCN(c2ccc([N+](=O)[O-])cc2)CC1. The van der Waals surface area contributed by atoms with Crippen molar-refractivity contribution >= 4 is 17.3 Å². The van der Waals surface area contributed by atoms with Gasteiger partial charge < -0.3 is 14.5 Å². The molecular weight excluding hydrogens is 298 g/mol. The van der Waals surface area contributed by atoms with Crippen molar-refractivity contribution in [2.24, 2.45) is 5.92 Å². The Morgan fingerprint density at radius 2 is 1.70 bits per heavy atom. The van der Waals surface area contributed by atoms with Crippen LogP contribution in [-0.4, -0.2) is 55.1 Å². The minimum Gasteiger partial charge on any atom is -0.381 e. The zero-order valence-corrected chi connectivity index (χ0v) is 13.0. The van der Waals surface area contributed by atoms with Crippen LogP contribution >= 0.6 is 0 Å². The van der Waals surface area contributed by atoms with Crippen LogP contribution in [0.4, 0.5) is 11.4 Å². The molecule has 0 aromatic heterocycles. The molecule has 7 nitrogen and oxygen atoms in total. The summed E-state index contributed by atoms with van der Waals surface area (Å²) in [5, 5.41) is 10.7. The number of rotatable bonds is 3. The zero-order chi connectivity index (χ0) is 16.2. The van der Waals surface area contributed by atoms with Crippen molar-refractivity contribution in [1.29, 1.82) is 0 Å². The maximum atomic E-state index is 12.5. The number of benzene rings is 1. The van der Waals surface area contributed by atoms with E-state index in [0.717, 1.165) is 31.6 Å². The number of nitro groups is 1. The number of hydrogen-bond donors (Lipinski definition) is 0. The van der Waals surface area contributed by atoms with Gasteiger partial charge in [-0.15, -0.1) is 0 Å². The Kier molecular flexibility index (Phi) is 4.76. The molecule has 2 heterocycles. The summed E-state index contributed by atoms with van der Waals surface area (Å²) in [7, 11) is 0. The second-order valence-corrected chi connectivity index (χ2v) is 5.97. The minimum atomic E-state index is -0.395. The summed E-state index contributed by atoms with van der Waals surface area (Å²) in [6, 6.07) is 6.59. The number of carbonyl (C=O) groups excluding carboxylic acids is 1. The Morgan fingerprint density at radius 3 is 2.26 bits per heavy atom. The van der Waals surface area contributed by atoms with E-state index in [-0.39, 0.29) is 17.5 Å². The van der Waals surface area contributed by atoms with E-state index < -0.39 is 4.92 Å². The Labute approximate surface area is 135 Å². The van der Waals surface area contributed by atoms with E-state index in [1.165, 1.54) is 12.1 Å². The van der Waals surface area contributed by atoms with Crippen LogP contribution in [0.3, 0.4) is 0 Å². The van der Waals surface area contributed by atoms with Crippen LogP contribution in [0.15, 0.2) is 24.3 Å². The number of carbonyl (C=O) groups is 1. The fourth-order valence-corrected chi connectivity index (χ4v) is 3.17. The van der Waals surface area contributed by atoms with E-state index in [0.29, 0.717) is 26.3 Å². The van der Waals surface area contributed by atoms with Gasteiger partial charge in [-0.2, -0.15) is 0 Å². The summed E-state index contributed by atoms with van der Waals surface area (Å²) in [5.41, 5.74) is 1.07. The van der Waals surface area contributed by atoms with Crippen LogP contribution in [0.1, 0.15) is 12.8 Å². The summed E-state index contributed by atoms with van der Waals surface area (Å²) in [4.78, 5) is 26.9. The summed E-state index contributed by atoms with van der Waals surface area (Å²) >= 11 is 0. The lowest BCUT2D eigenvalue weighted by atomic mass is 9.98. The Morgan fingerprint density at radius 1 is 1.09 bits per heavy atom. The second kappa shape index (κ2) is 6.95. The number of ether oxygens (including phenoxy) is 1. The highest BCUT2D eigenvalue weighted by Crippen LogP contribution is 2.22. The number of anilines is 1. The van der Waals surface area contributed by atoms with Crippen molar-refractivity contribution in [3.63, 3.8) is 0 Å². The lowest BCUT2D eigenvalue weighted by molar-refractivity contribution is -0.384. The van der Waals surface area contributed by atoms with Crippen molar-refractivity contribution in [2.45, 2.75) is 12.8 Å². The fraction of sp³-hybridized carbons (Fsp3) is 0.562. The van der Waals surface area contributed by atoms with Crippen molar-refractivity contribution in [3.8, 4) is 0 Å². The molecular formula is C16H21N3O4. The van der Waals surface area contributed by atoms with E-state index in [9.17, 15) is 14.9 Å². The summed E-state index contributed by atoms with van der Waals surface area (Å²) in [5.74, 6) is 0.353. The van der Waals surface area contributed by atoms with Crippen LogP contribution in [0.5, 0.6) is 0 Å². The van der Waals surface area contributed by atoms with Gasteiger partial charge in [-0.1, -0.05) is 0 Å². The maximum absolute atomic E-state index is 12.5.